The van der Waals surface area contributed by atoms with E-state index in [2.05, 4.69) is 34.5 Å². The maximum atomic E-state index is 5.50. The van der Waals surface area contributed by atoms with Crippen molar-refractivity contribution in [2.45, 2.75) is 33.2 Å². The molecule has 0 aliphatic rings. The topological polar surface area (TPSA) is 62.5 Å². The molecule has 2 aromatic rings. The van der Waals surface area contributed by atoms with Gasteiger partial charge in [-0.2, -0.15) is 0 Å². The van der Waals surface area contributed by atoms with Crippen molar-refractivity contribution in [3.8, 4) is 10.8 Å². The Kier molecular flexibility index (Phi) is 9.23. The third-order valence-electron chi connectivity index (χ3n) is 3.19. The summed E-state index contributed by atoms with van der Waals surface area (Å²) < 4.78 is 5.50. The van der Waals surface area contributed by atoms with E-state index in [4.69, 9.17) is 4.42 Å². The van der Waals surface area contributed by atoms with Crippen LogP contribution in [0.15, 0.2) is 33.2 Å². The standard InChI is InChI=1S/C16H24N4OS.HI/c1-12(2)6-4-8-18-16(17-3)19-10-13-11-21-15(20-13)14-7-5-9-22-14;/h5,7,9,11-12H,4,6,8,10H2,1-3H3,(H2,17,18,19);1H. The molecule has 5 nitrogen and oxygen atoms in total. The lowest BCUT2D eigenvalue weighted by Crippen LogP contribution is -2.37. The van der Waals surface area contributed by atoms with Crippen molar-refractivity contribution in [3.63, 3.8) is 0 Å². The fourth-order valence-corrected chi connectivity index (χ4v) is 2.67. The Labute approximate surface area is 159 Å². The van der Waals surface area contributed by atoms with Gasteiger partial charge in [-0.3, -0.25) is 4.99 Å². The maximum absolute atomic E-state index is 5.50. The smallest absolute Gasteiger partial charge is 0.236 e. The molecule has 2 N–H and O–H groups in total. The van der Waals surface area contributed by atoms with Crippen LogP contribution in [0.1, 0.15) is 32.4 Å². The van der Waals surface area contributed by atoms with Crippen LogP contribution < -0.4 is 10.6 Å². The second-order valence-electron chi connectivity index (χ2n) is 5.51. The van der Waals surface area contributed by atoms with Crippen LogP contribution in [0.2, 0.25) is 0 Å². The van der Waals surface area contributed by atoms with Crippen molar-refractivity contribution in [2.75, 3.05) is 13.6 Å². The monoisotopic (exact) mass is 448 g/mol. The summed E-state index contributed by atoms with van der Waals surface area (Å²) in [7, 11) is 1.78. The van der Waals surface area contributed by atoms with Gasteiger partial charge in [-0.1, -0.05) is 19.9 Å². The number of nitrogens with zero attached hydrogens (tertiary/aromatic N) is 2. The van der Waals surface area contributed by atoms with E-state index in [1.165, 1.54) is 6.42 Å². The van der Waals surface area contributed by atoms with Gasteiger partial charge in [0.05, 0.1) is 17.1 Å². The lowest BCUT2D eigenvalue weighted by atomic mass is 10.1. The molecule has 0 saturated heterocycles. The number of thiophene rings is 1. The maximum Gasteiger partial charge on any atom is 0.236 e. The fraction of sp³-hybridized carbons (Fsp3) is 0.500. The molecule has 0 aliphatic carbocycles. The van der Waals surface area contributed by atoms with Crippen LogP contribution in [0.4, 0.5) is 0 Å². The Morgan fingerprint density at radius 1 is 1.39 bits per heavy atom. The second-order valence-corrected chi connectivity index (χ2v) is 6.46. The summed E-state index contributed by atoms with van der Waals surface area (Å²) in [6.45, 7) is 6.00. The van der Waals surface area contributed by atoms with E-state index in [0.29, 0.717) is 12.4 Å². The number of hydrogen-bond acceptors (Lipinski definition) is 4. The Morgan fingerprint density at radius 3 is 2.87 bits per heavy atom. The highest BCUT2D eigenvalue weighted by Gasteiger charge is 2.08. The van der Waals surface area contributed by atoms with Crippen LogP contribution in [0.25, 0.3) is 10.8 Å². The summed E-state index contributed by atoms with van der Waals surface area (Å²) in [5.74, 6) is 2.21. The molecule has 0 atom stereocenters. The van der Waals surface area contributed by atoms with Crippen LogP contribution in [0.3, 0.4) is 0 Å². The zero-order valence-electron chi connectivity index (χ0n) is 13.8. The zero-order chi connectivity index (χ0) is 15.8. The minimum atomic E-state index is 0. The molecule has 2 aromatic heterocycles. The molecule has 23 heavy (non-hydrogen) atoms. The van der Waals surface area contributed by atoms with Crippen molar-refractivity contribution in [1.82, 2.24) is 15.6 Å². The van der Waals surface area contributed by atoms with Gasteiger partial charge in [-0.25, -0.2) is 4.98 Å². The van der Waals surface area contributed by atoms with Crippen molar-refractivity contribution in [3.05, 3.63) is 29.5 Å². The number of oxazole rings is 1. The van der Waals surface area contributed by atoms with Gasteiger partial charge in [-0.15, -0.1) is 35.3 Å². The van der Waals surface area contributed by atoms with Crippen molar-refractivity contribution in [1.29, 1.82) is 0 Å². The lowest BCUT2D eigenvalue weighted by molar-refractivity contribution is 0.549. The van der Waals surface area contributed by atoms with E-state index in [0.717, 1.165) is 35.4 Å². The van der Waals surface area contributed by atoms with E-state index < -0.39 is 0 Å². The zero-order valence-corrected chi connectivity index (χ0v) is 17.0. The Balaban J connectivity index is 0.00000264. The van der Waals surface area contributed by atoms with Gasteiger partial charge in [0.1, 0.15) is 6.26 Å². The van der Waals surface area contributed by atoms with Crippen LogP contribution in [0.5, 0.6) is 0 Å². The second kappa shape index (κ2) is 10.6. The molecule has 0 aliphatic heterocycles. The molecule has 2 heterocycles. The largest absolute Gasteiger partial charge is 0.443 e. The average molecular weight is 448 g/mol. The Hall–Kier alpha value is -1.09. The third kappa shape index (κ3) is 6.90. The van der Waals surface area contributed by atoms with Crippen molar-refractivity contribution < 1.29 is 4.42 Å². The van der Waals surface area contributed by atoms with Crippen molar-refractivity contribution in [2.24, 2.45) is 10.9 Å². The predicted molar refractivity (Wildman–Crippen MR) is 108 cm³/mol. The summed E-state index contributed by atoms with van der Waals surface area (Å²) in [6, 6.07) is 3.99. The predicted octanol–water partition coefficient (Wildman–Crippen LogP) is 4.12. The number of hydrogen-bond donors (Lipinski definition) is 2. The summed E-state index contributed by atoms with van der Waals surface area (Å²) in [5.41, 5.74) is 0.869. The number of aromatic nitrogens is 1. The molecule has 0 amide bonds. The quantitative estimate of drug-likeness (QED) is 0.290. The highest BCUT2D eigenvalue weighted by Crippen LogP contribution is 2.23. The van der Waals surface area contributed by atoms with Gasteiger partial charge in [0.2, 0.25) is 5.89 Å². The summed E-state index contributed by atoms with van der Waals surface area (Å²) in [6.07, 6.45) is 4.05. The SMILES string of the molecule is CN=C(NCCCC(C)C)NCc1coc(-c2cccs2)n1.I. The van der Waals surface area contributed by atoms with E-state index >= 15 is 0 Å². The van der Waals surface area contributed by atoms with Crippen LogP contribution in [-0.4, -0.2) is 24.5 Å². The average Bonchev–Trinajstić information content (AvgIpc) is 3.17. The summed E-state index contributed by atoms with van der Waals surface area (Å²) >= 11 is 1.62. The molecular formula is C16H25IN4OS. The van der Waals surface area contributed by atoms with Gasteiger partial charge in [0.15, 0.2) is 5.96 Å². The lowest BCUT2D eigenvalue weighted by Gasteiger charge is -2.11. The van der Waals surface area contributed by atoms with Gasteiger partial charge in [0, 0.05) is 13.6 Å². The molecule has 0 unspecified atom stereocenters. The number of halogens is 1. The Morgan fingerprint density at radius 2 is 2.22 bits per heavy atom. The molecular weight excluding hydrogens is 423 g/mol. The normalized spacial score (nSPS) is 11.4. The number of guanidine groups is 1. The molecule has 0 aromatic carbocycles. The van der Waals surface area contributed by atoms with E-state index in [1.54, 1.807) is 24.6 Å². The van der Waals surface area contributed by atoms with Crippen LogP contribution >= 0.6 is 35.3 Å². The first-order valence-electron chi connectivity index (χ1n) is 7.62. The molecule has 0 saturated carbocycles. The molecule has 0 fully saturated rings. The number of nitrogens with one attached hydrogen (secondary N) is 2. The molecule has 0 radical (unpaired) electrons. The van der Waals surface area contributed by atoms with Gasteiger partial charge in [0.25, 0.3) is 0 Å². The fourth-order valence-electron chi connectivity index (χ4n) is 2.01. The minimum absolute atomic E-state index is 0. The third-order valence-corrected chi connectivity index (χ3v) is 4.05. The van der Waals surface area contributed by atoms with Crippen LogP contribution in [-0.2, 0) is 6.54 Å². The molecule has 7 heteroatoms. The number of rotatable bonds is 7. The molecule has 2 rings (SSSR count). The highest BCUT2D eigenvalue weighted by molar-refractivity contribution is 14.0. The van der Waals surface area contributed by atoms with Gasteiger partial charge in [-0.05, 0) is 30.2 Å². The van der Waals surface area contributed by atoms with E-state index in [9.17, 15) is 0 Å². The first-order chi connectivity index (χ1) is 10.7. The first-order valence-corrected chi connectivity index (χ1v) is 8.49. The van der Waals surface area contributed by atoms with E-state index in [-0.39, 0.29) is 24.0 Å². The summed E-state index contributed by atoms with van der Waals surface area (Å²) in [5, 5.41) is 8.58. The molecule has 0 spiro atoms. The highest BCUT2D eigenvalue weighted by atomic mass is 127. The summed E-state index contributed by atoms with van der Waals surface area (Å²) in [4.78, 5) is 9.74. The number of aliphatic imine (C=N–C) groups is 1. The van der Waals surface area contributed by atoms with E-state index in [1.807, 2.05) is 17.5 Å². The minimum Gasteiger partial charge on any atom is -0.443 e. The van der Waals surface area contributed by atoms with Crippen molar-refractivity contribution >= 4 is 41.3 Å². The van der Waals surface area contributed by atoms with Crippen LogP contribution in [0, 0.1) is 5.92 Å². The Bertz CT molecular complexity index is 581. The van der Waals surface area contributed by atoms with Gasteiger partial charge >= 0.3 is 0 Å². The molecule has 0 bridgehead atoms. The molecule has 128 valence electrons. The first kappa shape index (κ1) is 20.0. The van der Waals surface area contributed by atoms with Gasteiger partial charge < -0.3 is 15.1 Å².